The lowest BCUT2D eigenvalue weighted by Crippen LogP contribution is -2.32. The highest BCUT2D eigenvalue weighted by Gasteiger charge is 2.17. The quantitative estimate of drug-likeness (QED) is 0.371. The number of nitrogens with zero attached hydrogens (tertiary/aromatic N) is 3. The number of hydrogen-bond donors (Lipinski definition) is 3. The summed E-state index contributed by atoms with van der Waals surface area (Å²) in [6.07, 6.45) is 3.66. The molecule has 3 aromatic rings. The highest BCUT2D eigenvalue weighted by molar-refractivity contribution is 6.02. The molecule has 3 N–H and O–H groups in total. The number of carbonyl (C=O) groups is 2. The van der Waals surface area contributed by atoms with Gasteiger partial charge in [0.25, 0.3) is 0 Å². The molecular weight excluding hydrogens is 430 g/mol. The van der Waals surface area contributed by atoms with Crippen molar-refractivity contribution in [2.24, 2.45) is 11.8 Å². The van der Waals surface area contributed by atoms with E-state index in [1.54, 1.807) is 24.5 Å². The fourth-order valence-electron chi connectivity index (χ4n) is 3.84. The predicted molar refractivity (Wildman–Crippen MR) is 136 cm³/mol. The largest absolute Gasteiger partial charge is 0.481 e. The van der Waals surface area contributed by atoms with Gasteiger partial charge in [-0.15, -0.1) is 0 Å². The van der Waals surface area contributed by atoms with Crippen LogP contribution in [0.1, 0.15) is 39.7 Å². The van der Waals surface area contributed by atoms with Gasteiger partial charge in [-0.1, -0.05) is 33.8 Å². The van der Waals surface area contributed by atoms with Gasteiger partial charge in [0.15, 0.2) is 0 Å². The maximum absolute atomic E-state index is 12.9. The Bertz CT molecular complexity index is 1140. The number of nitrogens with one attached hydrogen (secondary N) is 2. The van der Waals surface area contributed by atoms with Gasteiger partial charge in [0.2, 0.25) is 0 Å². The van der Waals surface area contributed by atoms with Crippen LogP contribution in [-0.4, -0.2) is 40.2 Å². The number of carbonyl (C=O) groups excluding carboxylic acids is 1. The van der Waals surface area contributed by atoms with E-state index in [1.165, 1.54) is 0 Å². The molecule has 0 unspecified atom stereocenters. The van der Waals surface area contributed by atoms with Crippen LogP contribution in [0.15, 0.2) is 48.8 Å². The van der Waals surface area contributed by atoms with Gasteiger partial charge >= 0.3 is 12.0 Å². The van der Waals surface area contributed by atoms with Gasteiger partial charge in [0, 0.05) is 37.6 Å². The standard InChI is InChI=1S/C26H33N5O3/c1-17(2)15-31(16-18(3)4)24-9-5-19(6-10-25(32)33)13-23(24)30-26(34)29-20-7-8-21-22(14-20)28-12-11-27-21/h5,7-9,11-14,17-18H,6,10,15-16H2,1-4H3,(H,32,33)(H2,29,30,34). The van der Waals surface area contributed by atoms with Crippen molar-refractivity contribution in [3.05, 3.63) is 54.4 Å². The van der Waals surface area contributed by atoms with Crippen LogP contribution in [0.2, 0.25) is 0 Å². The van der Waals surface area contributed by atoms with E-state index in [1.807, 2.05) is 24.3 Å². The lowest BCUT2D eigenvalue weighted by atomic mass is 10.1. The molecule has 180 valence electrons. The first kappa shape index (κ1) is 25.0. The number of aliphatic carboxylic acids is 1. The number of amides is 2. The molecule has 34 heavy (non-hydrogen) atoms. The zero-order chi connectivity index (χ0) is 24.7. The fourth-order valence-corrected chi connectivity index (χ4v) is 3.84. The molecule has 8 heteroatoms. The van der Waals surface area contributed by atoms with Crippen molar-refractivity contribution < 1.29 is 14.7 Å². The molecule has 0 bridgehead atoms. The molecule has 0 saturated carbocycles. The normalized spacial score (nSPS) is 11.1. The van der Waals surface area contributed by atoms with Gasteiger partial charge in [0.1, 0.15) is 0 Å². The summed E-state index contributed by atoms with van der Waals surface area (Å²) in [7, 11) is 0. The molecule has 0 spiro atoms. The van der Waals surface area contributed by atoms with Crippen molar-refractivity contribution in [2.45, 2.75) is 40.5 Å². The van der Waals surface area contributed by atoms with E-state index < -0.39 is 5.97 Å². The Morgan fingerprint density at radius 1 is 0.912 bits per heavy atom. The van der Waals surface area contributed by atoms with Crippen molar-refractivity contribution in [3.63, 3.8) is 0 Å². The number of urea groups is 1. The van der Waals surface area contributed by atoms with E-state index in [9.17, 15) is 9.59 Å². The number of benzene rings is 2. The molecule has 1 aromatic heterocycles. The van der Waals surface area contributed by atoms with E-state index in [4.69, 9.17) is 5.11 Å². The topological polar surface area (TPSA) is 107 Å². The first-order chi connectivity index (χ1) is 16.2. The monoisotopic (exact) mass is 463 g/mol. The van der Waals surface area contributed by atoms with Crippen molar-refractivity contribution in [1.29, 1.82) is 0 Å². The third-order valence-electron chi connectivity index (χ3n) is 5.18. The summed E-state index contributed by atoms with van der Waals surface area (Å²) in [5.41, 5.74) is 4.48. The summed E-state index contributed by atoms with van der Waals surface area (Å²) in [6.45, 7) is 10.3. The summed E-state index contributed by atoms with van der Waals surface area (Å²) < 4.78 is 0. The number of aryl methyl sites for hydroxylation is 1. The Labute approximate surface area is 200 Å². The number of aromatic nitrogens is 2. The fraction of sp³-hybridized carbons (Fsp3) is 0.385. The molecule has 2 aromatic carbocycles. The second-order valence-electron chi connectivity index (χ2n) is 9.28. The van der Waals surface area contributed by atoms with Crippen LogP contribution in [0.3, 0.4) is 0 Å². The molecule has 0 aliphatic carbocycles. The van der Waals surface area contributed by atoms with E-state index in [2.05, 4.69) is 53.2 Å². The summed E-state index contributed by atoms with van der Waals surface area (Å²) in [5.74, 6) is 0.0219. The van der Waals surface area contributed by atoms with Gasteiger partial charge in [-0.05, 0) is 54.2 Å². The number of rotatable bonds is 10. The molecule has 0 atom stereocenters. The Hall–Kier alpha value is -3.68. The van der Waals surface area contributed by atoms with Crippen molar-refractivity contribution in [3.8, 4) is 0 Å². The molecule has 0 radical (unpaired) electrons. The van der Waals surface area contributed by atoms with E-state index in [0.717, 1.165) is 29.9 Å². The molecule has 0 aliphatic heterocycles. The molecular formula is C26H33N5O3. The Morgan fingerprint density at radius 2 is 1.59 bits per heavy atom. The van der Waals surface area contributed by atoms with Crippen molar-refractivity contribution >= 4 is 40.1 Å². The summed E-state index contributed by atoms with van der Waals surface area (Å²) in [5, 5.41) is 14.9. The lowest BCUT2D eigenvalue weighted by Gasteiger charge is -2.30. The Morgan fingerprint density at radius 3 is 2.24 bits per heavy atom. The lowest BCUT2D eigenvalue weighted by molar-refractivity contribution is -0.136. The van der Waals surface area contributed by atoms with Crippen LogP contribution >= 0.6 is 0 Å². The van der Waals surface area contributed by atoms with Gasteiger partial charge in [-0.2, -0.15) is 0 Å². The molecule has 2 amide bonds. The summed E-state index contributed by atoms with van der Waals surface area (Å²) >= 11 is 0. The van der Waals surface area contributed by atoms with Gasteiger partial charge < -0.3 is 20.6 Å². The highest BCUT2D eigenvalue weighted by atomic mass is 16.4. The predicted octanol–water partition coefficient (Wildman–Crippen LogP) is 5.41. The van der Waals surface area contributed by atoms with E-state index >= 15 is 0 Å². The first-order valence-corrected chi connectivity index (χ1v) is 11.6. The number of hydrogen-bond acceptors (Lipinski definition) is 5. The average molecular weight is 464 g/mol. The number of anilines is 3. The van der Waals surface area contributed by atoms with Crippen LogP contribution in [0.25, 0.3) is 11.0 Å². The smallest absolute Gasteiger partial charge is 0.323 e. The second kappa shape index (κ2) is 11.4. The van der Waals surface area contributed by atoms with E-state index in [-0.39, 0.29) is 12.5 Å². The first-order valence-electron chi connectivity index (χ1n) is 11.6. The maximum atomic E-state index is 12.9. The highest BCUT2D eigenvalue weighted by Crippen LogP contribution is 2.30. The minimum atomic E-state index is -0.850. The molecule has 1 heterocycles. The SMILES string of the molecule is CC(C)CN(CC(C)C)c1ccc(CCC(=O)O)cc1NC(=O)Nc1ccc2nccnc2c1. The van der Waals surface area contributed by atoms with Gasteiger partial charge in [-0.3, -0.25) is 14.8 Å². The van der Waals surface area contributed by atoms with Crippen LogP contribution in [0, 0.1) is 11.8 Å². The number of carboxylic acid groups (broad SMARTS) is 1. The van der Waals surface area contributed by atoms with Crippen LogP contribution in [0.4, 0.5) is 21.9 Å². The average Bonchev–Trinajstić information content (AvgIpc) is 2.76. The summed E-state index contributed by atoms with van der Waals surface area (Å²) in [4.78, 5) is 34.8. The Balaban J connectivity index is 1.87. The minimum absolute atomic E-state index is 0.0326. The molecule has 0 aliphatic rings. The van der Waals surface area contributed by atoms with Crippen LogP contribution in [0.5, 0.6) is 0 Å². The maximum Gasteiger partial charge on any atom is 0.323 e. The van der Waals surface area contributed by atoms with Crippen LogP contribution < -0.4 is 15.5 Å². The van der Waals surface area contributed by atoms with Crippen molar-refractivity contribution in [1.82, 2.24) is 9.97 Å². The van der Waals surface area contributed by atoms with E-state index in [0.29, 0.717) is 35.1 Å². The second-order valence-corrected chi connectivity index (χ2v) is 9.28. The third kappa shape index (κ3) is 7.16. The molecule has 3 rings (SSSR count). The minimum Gasteiger partial charge on any atom is -0.481 e. The van der Waals surface area contributed by atoms with Gasteiger partial charge in [0.05, 0.1) is 22.4 Å². The molecule has 0 fully saturated rings. The van der Waals surface area contributed by atoms with Crippen LogP contribution in [-0.2, 0) is 11.2 Å². The zero-order valence-electron chi connectivity index (χ0n) is 20.2. The number of carboxylic acids is 1. The zero-order valence-corrected chi connectivity index (χ0v) is 20.2. The molecule has 0 saturated heterocycles. The molecule has 8 nitrogen and oxygen atoms in total. The summed E-state index contributed by atoms with van der Waals surface area (Å²) in [6, 6.07) is 10.8. The van der Waals surface area contributed by atoms with Gasteiger partial charge in [-0.25, -0.2) is 4.79 Å². The Kier molecular flexibility index (Phi) is 8.40. The third-order valence-corrected chi connectivity index (χ3v) is 5.18. The van der Waals surface area contributed by atoms with Crippen molar-refractivity contribution in [2.75, 3.05) is 28.6 Å². The number of fused-ring (bicyclic) bond motifs is 1.